The molecule has 168 valence electrons. The second-order valence-electron chi connectivity index (χ2n) is 7.52. The molecule has 0 amide bonds. The number of rotatable bonds is 8. The number of aromatic nitrogens is 3. The number of nitriles is 1. The van der Waals surface area contributed by atoms with Gasteiger partial charge in [-0.1, -0.05) is 0 Å². The maximum Gasteiger partial charge on any atom is 0.242 e. The van der Waals surface area contributed by atoms with Crippen molar-refractivity contribution < 1.29 is 21.9 Å². The Balaban J connectivity index is 1.82. The van der Waals surface area contributed by atoms with Crippen LogP contribution in [-0.2, 0) is 10.0 Å². The van der Waals surface area contributed by atoms with E-state index in [1.54, 1.807) is 12.1 Å². The highest BCUT2D eigenvalue weighted by Gasteiger charge is 2.30. The maximum atomic E-state index is 12.8. The summed E-state index contributed by atoms with van der Waals surface area (Å²) < 4.78 is 59.5. The number of pyridine rings is 2. The molecule has 8 nitrogen and oxygen atoms in total. The summed E-state index contributed by atoms with van der Waals surface area (Å²) in [6.45, 7) is -2.32. The van der Waals surface area contributed by atoms with Gasteiger partial charge in [0.1, 0.15) is 30.0 Å². The van der Waals surface area contributed by atoms with E-state index in [1.807, 2.05) is 9.29 Å². The van der Waals surface area contributed by atoms with Crippen LogP contribution in [0, 0.1) is 11.3 Å². The number of methoxy groups -OCH3 is 1. The zero-order valence-electron chi connectivity index (χ0n) is 17.3. The van der Waals surface area contributed by atoms with Gasteiger partial charge < -0.3 is 9.30 Å². The number of fused-ring (bicyclic) bond motifs is 1. The third-order valence-corrected chi connectivity index (χ3v) is 7.07. The van der Waals surface area contributed by atoms with Crippen LogP contribution in [0.15, 0.2) is 35.4 Å². The summed E-state index contributed by atoms with van der Waals surface area (Å²) in [7, 11) is -2.63. The van der Waals surface area contributed by atoms with E-state index < -0.39 is 29.4 Å². The normalized spacial score (nSPS) is 14.5. The molecule has 3 heterocycles. The van der Waals surface area contributed by atoms with Crippen LogP contribution in [0.1, 0.15) is 30.9 Å². The fraction of sp³-hybridized carbons (Fsp3) is 0.381. The molecule has 0 unspecified atom stereocenters. The van der Waals surface area contributed by atoms with Crippen LogP contribution in [0.3, 0.4) is 0 Å². The van der Waals surface area contributed by atoms with E-state index in [0.29, 0.717) is 33.9 Å². The number of hydrogen-bond donors (Lipinski definition) is 1. The molecule has 1 N–H and O–H groups in total. The van der Waals surface area contributed by atoms with E-state index in [0.717, 1.165) is 25.5 Å². The second-order valence-corrected chi connectivity index (χ2v) is 9.23. The van der Waals surface area contributed by atoms with E-state index in [9.17, 15) is 22.5 Å². The Labute approximate surface area is 183 Å². The van der Waals surface area contributed by atoms with E-state index in [-0.39, 0.29) is 10.9 Å². The molecule has 3 aromatic rings. The van der Waals surface area contributed by atoms with Crippen molar-refractivity contribution in [2.75, 3.05) is 20.5 Å². The first-order chi connectivity index (χ1) is 15.4. The summed E-state index contributed by atoms with van der Waals surface area (Å²) >= 11 is 0. The Hall–Kier alpha value is -3.10. The zero-order chi connectivity index (χ0) is 22.9. The van der Waals surface area contributed by atoms with Crippen LogP contribution in [0.25, 0.3) is 22.4 Å². The van der Waals surface area contributed by atoms with Crippen LogP contribution in [0.4, 0.5) is 8.78 Å². The number of alkyl halides is 2. The van der Waals surface area contributed by atoms with Gasteiger partial charge in [0.25, 0.3) is 0 Å². The Bertz CT molecular complexity index is 1280. The van der Waals surface area contributed by atoms with Gasteiger partial charge in [0.05, 0.1) is 30.1 Å². The minimum atomic E-state index is -4.15. The van der Waals surface area contributed by atoms with Gasteiger partial charge in [-0.25, -0.2) is 21.9 Å². The van der Waals surface area contributed by atoms with Crippen LogP contribution < -0.4 is 9.46 Å². The minimum Gasteiger partial charge on any atom is -0.481 e. The first kappa shape index (κ1) is 22.1. The lowest BCUT2D eigenvalue weighted by atomic mass is 9.92. The molecule has 0 spiro atoms. The first-order valence-corrected chi connectivity index (χ1v) is 11.5. The molecule has 1 aliphatic rings. The number of hydrogen-bond acceptors (Lipinski definition) is 6. The maximum absolute atomic E-state index is 12.8. The van der Waals surface area contributed by atoms with Crippen molar-refractivity contribution in [1.82, 2.24) is 19.3 Å². The Morgan fingerprint density at radius 3 is 2.56 bits per heavy atom. The molecular weight excluding hydrogens is 440 g/mol. The molecule has 1 saturated carbocycles. The number of halogens is 2. The van der Waals surface area contributed by atoms with Crippen LogP contribution in [0.2, 0.25) is 0 Å². The number of sulfonamides is 1. The fourth-order valence-corrected chi connectivity index (χ4v) is 4.85. The van der Waals surface area contributed by atoms with Crippen molar-refractivity contribution in [1.29, 1.82) is 5.26 Å². The summed E-state index contributed by atoms with van der Waals surface area (Å²) in [6.07, 6.45) is 4.01. The van der Waals surface area contributed by atoms with E-state index in [4.69, 9.17) is 4.74 Å². The Morgan fingerprint density at radius 2 is 2.03 bits per heavy atom. The smallest absolute Gasteiger partial charge is 0.242 e. The van der Waals surface area contributed by atoms with Gasteiger partial charge in [0.15, 0.2) is 0 Å². The molecule has 1 aliphatic carbocycles. The molecule has 0 atom stereocenters. The largest absolute Gasteiger partial charge is 0.481 e. The molecule has 0 aromatic carbocycles. The average Bonchev–Trinajstić information content (AvgIpc) is 3.09. The topological polar surface area (TPSA) is 110 Å². The molecular formula is C21H21F2N5O3S. The molecule has 0 aliphatic heterocycles. The van der Waals surface area contributed by atoms with Gasteiger partial charge in [-0.15, -0.1) is 0 Å². The van der Waals surface area contributed by atoms with Crippen LogP contribution in [0.5, 0.6) is 5.88 Å². The van der Waals surface area contributed by atoms with Gasteiger partial charge in [0.2, 0.25) is 15.9 Å². The van der Waals surface area contributed by atoms with E-state index >= 15 is 0 Å². The Kier molecular flexibility index (Phi) is 6.08. The number of nitrogens with one attached hydrogen (secondary N) is 1. The lowest BCUT2D eigenvalue weighted by Crippen LogP contribution is -2.37. The van der Waals surface area contributed by atoms with Crippen LogP contribution >= 0.6 is 0 Å². The second kappa shape index (κ2) is 8.80. The van der Waals surface area contributed by atoms with Crippen molar-refractivity contribution >= 4 is 21.1 Å². The predicted molar refractivity (Wildman–Crippen MR) is 113 cm³/mol. The van der Waals surface area contributed by atoms with Gasteiger partial charge in [0, 0.05) is 23.7 Å². The molecule has 0 bridgehead atoms. The van der Waals surface area contributed by atoms with Crippen molar-refractivity contribution in [3.05, 3.63) is 36.0 Å². The summed E-state index contributed by atoms with van der Waals surface area (Å²) in [5.41, 5.74) is 1.94. The minimum absolute atomic E-state index is 0.135. The molecule has 0 radical (unpaired) electrons. The Morgan fingerprint density at radius 1 is 1.28 bits per heavy atom. The highest BCUT2D eigenvalue weighted by Crippen LogP contribution is 2.41. The third-order valence-electron chi connectivity index (χ3n) is 5.57. The molecule has 3 aromatic heterocycles. The average molecular weight is 461 g/mol. The predicted octanol–water partition coefficient (Wildman–Crippen LogP) is 3.29. The van der Waals surface area contributed by atoms with Crippen molar-refractivity contribution in [3.63, 3.8) is 0 Å². The van der Waals surface area contributed by atoms with Gasteiger partial charge >= 0.3 is 0 Å². The summed E-state index contributed by atoms with van der Waals surface area (Å²) in [4.78, 5) is 8.60. The highest BCUT2D eigenvalue weighted by molar-refractivity contribution is 7.89. The fourth-order valence-electron chi connectivity index (χ4n) is 3.71. The SMILES string of the molecule is COc1ccc2c(C#N)c(-c3ccc(S(=O)(=O)NC(CF)CF)cn3)n(C3CCC3)c2n1. The number of nitrogens with zero attached hydrogens (tertiary/aromatic N) is 4. The summed E-state index contributed by atoms with van der Waals surface area (Å²) in [6, 6.07) is 7.15. The monoisotopic (exact) mass is 461 g/mol. The lowest BCUT2D eigenvalue weighted by Gasteiger charge is -2.29. The highest BCUT2D eigenvalue weighted by atomic mass is 32.2. The third kappa shape index (κ3) is 3.80. The molecule has 0 saturated heterocycles. The van der Waals surface area contributed by atoms with E-state index in [2.05, 4.69) is 16.0 Å². The summed E-state index contributed by atoms with van der Waals surface area (Å²) in [5.74, 6) is 0.419. The van der Waals surface area contributed by atoms with Gasteiger partial charge in [-0.3, -0.25) is 4.98 Å². The van der Waals surface area contributed by atoms with Gasteiger partial charge in [-0.05, 0) is 37.5 Å². The summed E-state index contributed by atoms with van der Waals surface area (Å²) in [5, 5.41) is 10.6. The standard InChI is InChI=1S/C21H21F2N5O3S/c1-31-19-8-6-16-17(11-24)20(28(21(16)26-19)14-3-2-4-14)18-7-5-15(12-25-18)32(29,30)27-13(9-22)10-23/h5-8,12-14,27H,2-4,9-10H2,1H3. The van der Waals surface area contributed by atoms with Crippen molar-refractivity contribution in [2.45, 2.75) is 36.2 Å². The first-order valence-electron chi connectivity index (χ1n) is 10.0. The molecule has 4 rings (SSSR count). The van der Waals surface area contributed by atoms with Crippen molar-refractivity contribution in [3.8, 4) is 23.3 Å². The molecule has 32 heavy (non-hydrogen) atoms. The van der Waals surface area contributed by atoms with Crippen molar-refractivity contribution in [2.24, 2.45) is 0 Å². The quantitative estimate of drug-likeness (QED) is 0.551. The molecule has 11 heteroatoms. The van der Waals surface area contributed by atoms with E-state index in [1.165, 1.54) is 19.2 Å². The zero-order valence-corrected chi connectivity index (χ0v) is 18.1. The number of ether oxygens (including phenoxy) is 1. The van der Waals surface area contributed by atoms with Crippen LogP contribution in [-0.4, -0.2) is 49.5 Å². The van der Waals surface area contributed by atoms with Gasteiger partial charge in [-0.2, -0.15) is 10.2 Å². The lowest BCUT2D eigenvalue weighted by molar-refractivity contribution is 0.321. The molecule has 1 fully saturated rings.